The fraction of sp³-hybridized carbons (Fsp3) is 0.444. The number of H-pyrrole nitrogens is 1. The van der Waals surface area contributed by atoms with E-state index in [0.29, 0.717) is 25.3 Å². The molecule has 0 unspecified atom stereocenters. The summed E-state index contributed by atoms with van der Waals surface area (Å²) in [6.45, 7) is 7.22. The van der Waals surface area contributed by atoms with Crippen molar-refractivity contribution in [2.45, 2.75) is 33.4 Å². The van der Waals surface area contributed by atoms with E-state index in [4.69, 9.17) is 15.2 Å². The molecule has 7 nitrogen and oxygen atoms in total. The summed E-state index contributed by atoms with van der Waals surface area (Å²) in [6.07, 6.45) is 0.721. The number of nitrogens with zero attached hydrogens (tertiary/aromatic N) is 2. The number of hydrogen-bond donors (Lipinski definition) is 2. The highest BCUT2D eigenvalue weighted by Crippen LogP contribution is 2.29. The van der Waals surface area contributed by atoms with Crippen LogP contribution in [0.15, 0.2) is 23.0 Å². The van der Waals surface area contributed by atoms with Gasteiger partial charge >= 0.3 is 0 Å². The second-order valence-electron chi connectivity index (χ2n) is 5.98. The topological polar surface area (TPSA) is 93.5 Å². The van der Waals surface area contributed by atoms with Gasteiger partial charge in [0.25, 0.3) is 5.56 Å². The van der Waals surface area contributed by atoms with Crippen molar-refractivity contribution >= 4 is 5.95 Å². The molecule has 0 bridgehead atoms. The van der Waals surface area contributed by atoms with E-state index in [1.54, 1.807) is 0 Å². The number of rotatable bonds is 6. The highest BCUT2D eigenvalue weighted by Gasteiger charge is 2.21. The predicted molar refractivity (Wildman–Crippen MR) is 95.9 cm³/mol. The van der Waals surface area contributed by atoms with Crippen LogP contribution in [0.1, 0.15) is 30.7 Å². The van der Waals surface area contributed by atoms with Gasteiger partial charge in [0.1, 0.15) is 0 Å². The Morgan fingerprint density at radius 1 is 1.24 bits per heavy atom. The zero-order chi connectivity index (χ0) is 17.8. The minimum Gasteiger partial charge on any atom is -0.490 e. The molecule has 0 radical (unpaired) electrons. The predicted octanol–water partition coefficient (Wildman–Crippen LogP) is 1.71. The fourth-order valence-electron chi connectivity index (χ4n) is 3.09. The summed E-state index contributed by atoms with van der Waals surface area (Å²) >= 11 is 0. The van der Waals surface area contributed by atoms with Gasteiger partial charge in [-0.15, -0.1) is 0 Å². The van der Waals surface area contributed by atoms with Crippen LogP contribution in [0.25, 0.3) is 0 Å². The van der Waals surface area contributed by atoms with Gasteiger partial charge in [0.2, 0.25) is 5.95 Å². The lowest BCUT2D eigenvalue weighted by molar-refractivity contribution is 0.240. The largest absolute Gasteiger partial charge is 0.490 e. The van der Waals surface area contributed by atoms with E-state index in [0.717, 1.165) is 42.3 Å². The van der Waals surface area contributed by atoms with Gasteiger partial charge < -0.3 is 15.2 Å². The molecule has 0 spiro atoms. The smallest absolute Gasteiger partial charge is 0.257 e. The van der Waals surface area contributed by atoms with Crippen LogP contribution < -0.4 is 20.8 Å². The molecule has 2 heterocycles. The van der Waals surface area contributed by atoms with Crippen molar-refractivity contribution < 1.29 is 9.47 Å². The third kappa shape index (κ3) is 3.93. The second kappa shape index (κ2) is 7.57. The molecule has 25 heavy (non-hydrogen) atoms. The van der Waals surface area contributed by atoms with E-state index in [1.807, 2.05) is 32.0 Å². The molecule has 0 atom stereocenters. The summed E-state index contributed by atoms with van der Waals surface area (Å²) in [7, 11) is 0. The van der Waals surface area contributed by atoms with Crippen molar-refractivity contribution in [3.05, 3.63) is 45.4 Å². The Labute approximate surface area is 146 Å². The molecule has 0 amide bonds. The molecular weight excluding hydrogens is 320 g/mol. The number of benzene rings is 1. The molecule has 0 fully saturated rings. The lowest BCUT2D eigenvalue weighted by atomic mass is 10.1. The van der Waals surface area contributed by atoms with Crippen molar-refractivity contribution in [3.63, 3.8) is 0 Å². The minimum absolute atomic E-state index is 0.145. The molecule has 1 aliphatic heterocycles. The average molecular weight is 344 g/mol. The third-order valence-corrected chi connectivity index (χ3v) is 4.18. The Bertz CT molecular complexity index is 803. The summed E-state index contributed by atoms with van der Waals surface area (Å²) in [5, 5.41) is 0. The molecule has 3 rings (SSSR count). The first-order valence-electron chi connectivity index (χ1n) is 8.59. The van der Waals surface area contributed by atoms with Crippen LogP contribution in [0.5, 0.6) is 11.5 Å². The number of fused-ring (bicyclic) bond motifs is 1. The summed E-state index contributed by atoms with van der Waals surface area (Å²) in [5.74, 6) is 1.70. The molecule has 1 aliphatic rings. The number of ether oxygens (including phenoxy) is 2. The van der Waals surface area contributed by atoms with E-state index < -0.39 is 0 Å². The van der Waals surface area contributed by atoms with Crippen LogP contribution in [-0.2, 0) is 19.5 Å². The number of nitrogens with one attached hydrogen (secondary N) is 1. The molecule has 0 saturated heterocycles. The van der Waals surface area contributed by atoms with Gasteiger partial charge in [0, 0.05) is 26.1 Å². The van der Waals surface area contributed by atoms with Gasteiger partial charge in [-0.2, -0.15) is 0 Å². The van der Waals surface area contributed by atoms with Crippen molar-refractivity contribution in [3.8, 4) is 11.5 Å². The Morgan fingerprint density at radius 2 is 2.00 bits per heavy atom. The molecule has 134 valence electrons. The minimum atomic E-state index is -0.145. The normalized spacial score (nSPS) is 14.2. The Kier molecular flexibility index (Phi) is 5.23. The summed E-state index contributed by atoms with van der Waals surface area (Å²) in [6, 6.07) is 5.99. The van der Waals surface area contributed by atoms with Crippen molar-refractivity contribution in [1.29, 1.82) is 0 Å². The second-order valence-corrected chi connectivity index (χ2v) is 5.98. The Morgan fingerprint density at radius 3 is 2.76 bits per heavy atom. The van der Waals surface area contributed by atoms with Crippen LogP contribution in [0, 0.1) is 0 Å². The van der Waals surface area contributed by atoms with Crippen LogP contribution >= 0.6 is 0 Å². The maximum Gasteiger partial charge on any atom is 0.257 e. The Balaban J connectivity index is 1.76. The van der Waals surface area contributed by atoms with Gasteiger partial charge in [-0.1, -0.05) is 6.07 Å². The number of hydrogen-bond acceptors (Lipinski definition) is 6. The molecular formula is C18H24N4O3. The maximum absolute atomic E-state index is 12.1. The van der Waals surface area contributed by atoms with Crippen molar-refractivity contribution in [2.24, 2.45) is 0 Å². The number of nitrogens with two attached hydrogens (primary N) is 1. The summed E-state index contributed by atoms with van der Waals surface area (Å²) in [4.78, 5) is 21.1. The number of aromatic amines is 1. The number of nitrogen functional groups attached to an aromatic ring is 1. The first kappa shape index (κ1) is 17.3. The zero-order valence-electron chi connectivity index (χ0n) is 14.7. The summed E-state index contributed by atoms with van der Waals surface area (Å²) < 4.78 is 11.3. The van der Waals surface area contributed by atoms with Crippen LogP contribution in [0.3, 0.4) is 0 Å². The van der Waals surface area contributed by atoms with Crippen LogP contribution in [0.4, 0.5) is 5.95 Å². The first-order chi connectivity index (χ1) is 12.1. The highest BCUT2D eigenvalue weighted by atomic mass is 16.5. The number of anilines is 1. The molecule has 1 aromatic carbocycles. The number of aromatic nitrogens is 2. The van der Waals surface area contributed by atoms with Gasteiger partial charge in [0.15, 0.2) is 11.5 Å². The molecule has 1 aromatic heterocycles. The van der Waals surface area contributed by atoms with Crippen molar-refractivity contribution in [2.75, 3.05) is 25.5 Å². The van der Waals surface area contributed by atoms with Gasteiger partial charge in [-0.25, -0.2) is 4.98 Å². The SMILES string of the molecule is CCOc1ccc(CN2CCc3nc(N)[nH]c(=O)c3C2)cc1OCC. The van der Waals surface area contributed by atoms with E-state index >= 15 is 0 Å². The average Bonchev–Trinajstić information content (AvgIpc) is 2.58. The van der Waals surface area contributed by atoms with E-state index in [-0.39, 0.29) is 11.5 Å². The monoisotopic (exact) mass is 344 g/mol. The van der Waals surface area contributed by atoms with Crippen LogP contribution in [-0.4, -0.2) is 34.6 Å². The third-order valence-electron chi connectivity index (χ3n) is 4.18. The Hall–Kier alpha value is -2.54. The van der Waals surface area contributed by atoms with Gasteiger partial charge in [0.05, 0.1) is 24.5 Å². The van der Waals surface area contributed by atoms with Gasteiger partial charge in [-0.3, -0.25) is 14.7 Å². The maximum atomic E-state index is 12.1. The van der Waals surface area contributed by atoms with E-state index in [2.05, 4.69) is 14.9 Å². The lowest BCUT2D eigenvalue weighted by Crippen LogP contribution is -2.35. The molecule has 3 N–H and O–H groups in total. The molecule has 0 saturated carbocycles. The van der Waals surface area contributed by atoms with Crippen LogP contribution in [0.2, 0.25) is 0 Å². The standard InChI is InChI=1S/C18H24N4O3/c1-3-24-15-6-5-12(9-16(15)25-4-2)10-22-8-7-14-13(11-22)17(23)21-18(19)20-14/h5-6,9H,3-4,7-8,10-11H2,1-2H3,(H3,19,20,21,23). The first-order valence-corrected chi connectivity index (χ1v) is 8.59. The quantitative estimate of drug-likeness (QED) is 0.828. The molecule has 7 heteroatoms. The molecule has 2 aromatic rings. The summed E-state index contributed by atoms with van der Waals surface area (Å²) in [5.41, 5.74) is 8.10. The highest BCUT2D eigenvalue weighted by molar-refractivity contribution is 5.43. The fourth-order valence-corrected chi connectivity index (χ4v) is 3.09. The van der Waals surface area contributed by atoms with Gasteiger partial charge in [-0.05, 0) is 31.5 Å². The zero-order valence-corrected chi connectivity index (χ0v) is 14.7. The van der Waals surface area contributed by atoms with E-state index in [9.17, 15) is 4.79 Å². The molecule has 0 aliphatic carbocycles. The van der Waals surface area contributed by atoms with Crippen molar-refractivity contribution in [1.82, 2.24) is 14.9 Å². The van der Waals surface area contributed by atoms with E-state index in [1.165, 1.54) is 0 Å². The lowest BCUT2D eigenvalue weighted by Gasteiger charge is -2.27.